The van der Waals surface area contributed by atoms with E-state index in [-0.39, 0.29) is 28.4 Å². The molecule has 214 valence electrons. The molecular formula is C29H26Cl2F3N5O2. The number of piperidine rings is 1. The minimum absolute atomic E-state index is 0.0784. The lowest BCUT2D eigenvalue weighted by molar-refractivity contribution is -0.137. The van der Waals surface area contributed by atoms with Crippen LogP contribution in [0.1, 0.15) is 51.1 Å². The summed E-state index contributed by atoms with van der Waals surface area (Å²) in [5.41, 5.74) is 5.82. The normalized spacial score (nSPS) is 14.4. The number of amides is 1. The SMILES string of the molecule is N/C=C(\C=Nc1ccc(Cl)c(C(F)(F)F)c1)C(=O)c1cc(N2CCCCC2)ncc1NC(=O)c1cccc(CCl)c1. The molecule has 1 saturated heterocycles. The monoisotopic (exact) mass is 603 g/mol. The van der Waals surface area contributed by atoms with Gasteiger partial charge in [0.25, 0.3) is 5.91 Å². The summed E-state index contributed by atoms with van der Waals surface area (Å²) in [6, 6.07) is 11.4. The first kappa shape index (κ1) is 30.1. The van der Waals surface area contributed by atoms with E-state index < -0.39 is 28.5 Å². The molecule has 4 rings (SSSR count). The molecule has 3 N–H and O–H groups in total. The third-order valence-electron chi connectivity index (χ3n) is 6.46. The van der Waals surface area contributed by atoms with Gasteiger partial charge < -0.3 is 16.0 Å². The first-order chi connectivity index (χ1) is 19.6. The van der Waals surface area contributed by atoms with Gasteiger partial charge in [0.05, 0.1) is 39.3 Å². The zero-order valence-electron chi connectivity index (χ0n) is 21.7. The molecule has 41 heavy (non-hydrogen) atoms. The number of Topliss-reactive ketones (excluding diaryl/α,β-unsaturated/α-hetero) is 1. The highest BCUT2D eigenvalue weighted by Crippen LogP contribution is 2.37. The molecule has 1 fully saturated rings. The maximum absolute atomic E-state index is 13.7. The van der Waals surface area contributed by atoms with E-state index in [4.69, 9.17) is 28.9 Å². The van der Waals surface area contributed by atoms with Crippen molar-refractivity contribution >= 4 is 58.3 Å². The summed E-state index contributed by atoms with van der Waals surface area (Å²) in [7, 11) is 0. The minimum atomic E-state index is -4.68. The third kappa shape index (κ3) is 7.45. The van der Waals surface area contributed by atoms with Crippen LogP contribution in [0, 0.1) is 0 Å². The molecule has 1 aliphatic heterocycles. The number of anilines is 2. The molecule has 0 saturated carbocycles. The number of rotatable bonds is 8. The zero-order valence-corrected chi connectivity index (χ0v) is 23.2. The van der Waals surface area contributed by atoms with E-state index >= 15 is 0 Å². The highest BCUT2D eigenvalue weighted by molar-refractivity contribution is 6.31. The van der Waals surface area contributed by atoms with Crippen molar-refractivity contribution in [2.24, 2.45) is 10.7 Å². The molecule has 2 aromatic carbocycles. The molecule has 3 aromatic rings. The third-order valence-corrected chi connectivity index (χ3v) is 7.09. The number of alkyl halides is 4. The number of benzene rings is 2. The Hall–Kier alpha value is -3.89. The van der Waals surface area contributed by atoms with Gasteiger partial charge in [0, 0.05) is 36.9 Å². The number of hydrogen-bond donors (Lipinski definition) is 2. The molecular weight excluding hydrogens is 578 g/mol. The molecule has 0 bridgehead atoms. The Morgan fingerprint density at radius 1 is 1.10 bits per heavy atom. The van der Waals surface area contributed by atoms with Crippen LogP contribution >= 0.6 is 23.2 Å². The maximum atomic E-state index is 13.7. The van der Waals surface area contributed by atoms with Crippen LogP contribution in [0.25, 0.3) is 0 Å². The van der Waals surface area contributed by atoms with Crippen LogP contribution in [0.15, 0.2) is 71.5 Å². The smallest absolute Gasteiger partial charge is 0.404 e. The molecule has 1 aliphatic rings. The Morgan fingerprint density at radius 3 is 2.54 bits per heavy atom. The fraction of sp³-hybridized carbons (Fsp3) is 0.241. The molecule has 12 heteroatoms. The Kier molecular flexibility index (Phi) is 9.67. The molecule has 0 spiro atoms. The highest BCUT2D eigenvalue weighted by Gasteiger charge is 2.33. The van der Waals surface area contributed by atoms with Crippen LogP contribution in [-0.4, -0.2) is 36.0 Å². The van der Waals surface area contributed by atoms with Gasteiger partial charge >= 0.3 is 6.18 Å². The lowest BCUT2D eigenvalue weighted by Crippen LogP contribution is -2.30. The largest absolute Gasteiger partial charge is 0.417 e. The fourth-order valence-corrected chi connectivity index (χ4v) is 4.70. The quantitative estimate of drug-likeness (QED) is 0.123. The number of nitrogens with zero attached hydrogens (tertiary/aromatic N) is 3. The number of aliphatic imine (C=N–C) groups is 1. The summed E-state index contributed by atoms with van der Waals surface area (Å²) in [4.78, 5) is 37.3. The van der Waals surface area contributed by atoms with E-state index in [1.807, 2.05) is 4.90 Å². The number of carbonyl (C=O) groups is 2. The van der Waals surface area contributed by atoms with Crippen LogP contribution in [0.4, 0.5) is 30.4 Å². The van der Waals surface area contributed by atoms with Crippen LogP contribution in [0.2, 0.25) is 5.02 Å². The van der Waals surface area contributed by atoms with E-state index in [2.05, 4.69) is 15.3 Å². The Labute approximate surface area is 244 Å². The zero-order chi connectivity index (χ0) is 29.6. The molecule has 1 aromatic heterocycles. The van der Waals surface area contributed by atoms with Gasteiger partial charge in [-0.3, -0.25) is 14.6 Å². The number of hydrogen-bond acceptors (Lipinski definition) is 6. The van der Waals surface area contributed by atoms with Gasteiger partial charge in [0.15, 0.2) is 5.78 Å². The average Bonchev–Trinajstić information content (AvgIpc) is 2.98. The predicted molar refractivity (Wildman–Crippen MR) is 155 cm³/mol. The second kappa shape index (κ2) is 13.2. The number of ketones is 1. The number of pyridine rings is 1. The first-order valence-corrected chi connectivity index (χ1v) is 13.6. The number of halogens is 5. The lowest BCUT2D eigenvalue weighted by atomic mass is 10.0. The number of allylic oxidation sites excluding steroid dienone is 1. The summed E-state index contributed by atoms with van der Waals surface area (Å²) >= 11 is 11.6. The molecule has 0 atom stereocenters. The summed E-state index contributed by atoms with van der Waals surface area (Å²) in [6.45, 7) is 1.52. The topological polar surface area (TPSA) is 101 Å². The first-order valence-electron chi connectivity index (χ1n) is 12.7. The predicted octanol–water partition coefficient (Wildman–Crippen LogP) is 7.16. The second-order valence-electron chi connectivity index (χ2n) is 9.30. The Bertz CT molecular complexity index is 1500. The second-order valence-corrected chi connectivity index (χ2v) is 9.97. The van der Waals surface area contributed by atoms with E-state index in [0.717, 1.165) is 62.5 Å². The lowest BCUT2D eigenvalue weighted by Gasteiger charge is -2.28. The van der Waals surface area contributed by atoms with Crippen molar-refractivity contribution in [2.45, 2.75) is 31.3 Å². The summed E-state index contributed by atoms with van der Waals surface area (Å²) in [5.74, 6) is -0.312. The van der Waals surface area contributed by atoms with Crippen molar-refractivity contribution < 1.29 is 22.8 Å². The van der Waals surface area contributed by atoms with Gasteiger partial charge in [0.1, 0.15) is 5.82 Å². The van der Waals surface area contributed by atoms with Gasteiger partial charge in [-0.2, -0.15) is 13.2 Å². The number of carbonyl (C=O) groups excluding carboxylic acids is 2. The number of nitrogens with one attached hydrogen (secondary N) is 1. The van der Waals surface area contributed by atoms with Crippen LogP contribution < -0.4 is 16.0 Å². The molecule has 2 heterocycles. The number of aromatic nitrogens is 1. The van der Waals surface area contributed by atoms with Crippen molar-refractivity contribution in [1.82, 2.24) is 4.98 Å². The van der Waals surface area contributed by atoms with Gasteiger partial charge in [-0.25, -0.2) is 4.98 Å². The maximum Gasteiger partial charge on any atom is 0.417 e. The van der Waals surface area contributed by atoms with Crippen molar-refractivity contribution in [2.75, 3.05) is 23.3 Å². The molecule has 0 aliphatic carbocycles. The van der Waals surface area contributed by atoms with E-state index in [1.54, 1.807) is 30.3 Å². The Morgan fingerprint density at radius 2 is 1.85 bits per heavy atom. The fourth-order valence-electron chi connectivity index (χ4n) is 4.31. The molecule has 1 amide bonds. The van der Waals surface area contributed by atoms with E-state index in [9.17, 15) is 22.8 Å². The molecule has 0 unspecified atom stereocenters. The van der Waals surface area contributed by atoms with Gasteiger partial charge in [-0.05, 0) is 61.2 Å². The standard InChI is InChI=1S/C29H26Cl2F3N5O2/c30-14-18-5-4-6-19(11-18)28(41)38-25-17-37-26(39-9-2-1-3-10-39)13-22(25)27(40)20(15-35)16-36-21-7-8-24(31)23(12-21)29(32,33)34/h4-8,11-13,15-17H,1-3,9-10,14,35H2,(H,38,41)/b20-15+,36-16?. The van der Waals surface area contributed by atoms with E-state index in [1.165, 1.54) is 12.3 Å². The summed E-state index contributed by atoms with van der Waals surface area (Å²) in [6.07, 6.45) is 1.84. The number of nitrogens with two attached hydrogens (primary N) is 1. The highest BCUT2D eigenvalue weighted by atomic mass is 35.5. The van der Waals surface area contributed by atoms with Crippen LogP contribution in [0.3, 0.4) is 0 Å². The van der Waals surface area contributed by atoms with Gasteiger partial charge in [-0.15, -0.1) is 11.6 Å². The van der Waals surface area contributed by atoms with Crippen LogP contribution in [-0.2, 0) is 12.1 Å². The molecule has 7 nitrogen and oxygen atoms in total. The average molecular weight is 604 g/mol. The van der Waals surface area contributed by atoms with E-state index in [0.29, 0.717) is 11.4 Å². The van der Waals surface area contributed by atoms with Crippen molar-refractivity contribution in [3.63, 3.8) is 0 Å². The minimum Gasteiger partial charge on any atom is -0.404 e. The van der Waals surface area contributed by atoms with Crippen molar-refractivity contribution in [3.8, 4) is 0 Å². The Balaban J connectivity index is 1.67. The van der Waals surface area contributed by atoms with Crippen LogP contribution in [0.5, 0.6) is 0 Å². The van der Waals surface area contributed by atoms with Gasteiger partial charge in [0.2, 0.25) is 0 Å². The van der Waals surface area contributed by atoms with Gasteiger partial charge in [-0.1, -0.05) is 23.7 Å². The summed E-state index contributed by atoms with van der Waals surface area (Å²) in [5, 5.41) is 2.26. The van der Waals surface area contributed by atoms with Crippen molar-refractivity contribution in [3.05, 3.63) is 93.8 Å². The van der Waals surface area contributed by atoms with Crippen molar-refractivity contribution in [1.29, 1.82) is 0 Å². The summed E-state index contributed by atoms with van der Waals surface area (Å²) < 4.78 is 39.8. The molecule has 0 radical (unpaired) electrons.